The first-order chi connectivity index (χ1) is 5.59. The number of anilines is 2. The molecule has 12 heavy (non-hydrogen) atoms. The maximum absolute atomic E-state index is 10.2. The molecule has 6 nitrogen and oxygen atoms in total. The second-order valence-corrected chi connectivity index (χ2v) is 2.21. The first kappa shape index (κ1) is 8.54. The van der Waals surface area contributed by atoms with Crippen LogP contribution in [0.3, 0.4) is 0 Å². The lowest BCUT2D eigenvalue weighted by molar-refractivity contribution is 0.209. The van der Waals surface area contributed by atoms with Gasteiger partial charge in [0.05, 0.1) is 6.20 Å². The Morgan fingerprint density at radius 1 is 1.75 bits per heavy atom. The van der Waals surface area contributed by atoms with Gasteiger partial charge >= 0.3 is 6.09 Å². The van der Waals surface area contributed by atoms with Gasteiger partial charge in [0, 0.05) is 0 Å². The summed E-state index contributed by atoms with van der Waals surface area (Å²) in [5, 5.41) is 10.3. The second kappa shape index (κ2) is 3.22. The van der Waals surface area contributed by atoms with E-state index in [4.69, 9.17) is 22.4 Å². The largest absolute Gasteiger partial charge is 0.465 e. The molecule has 0 unspecified atom stereocenters. The van der Waals surface area contributed by atoms with Crippen molar-refractivity contribution in [3.05, 3.63) is 11.5 Å². The minimum Gasteiger partial charge on any atom is -0.465 e. The van der Waals surface area contributed by atoms with Gasteiger partial charge in [-0.2, -0.15) is 4.98 Å². The smallest absolute Gasteiger partial charge is 0.409 e. The van der Waals surface area contributed by atoms with Gasteiger partial charge in [0.2, 0.25) is 5.28 Å². The SMILES string of the molecule is Nc1nc(Cl)ncc1NC(=O)O. The van der Waals surface area contributed by atoms with Crippen LogP contribution in [0.5, 0.6) is 0 Å². The van der Waals surface area contributed by atoms with Crippen molar-refractivity contribution >= 4 is 29.2 Å². The number of rotatable bonds is 1. The third-order valence-corrected chi connectivity index (χ3v) is 1.21. The lowest BCUT2D eigenvalue weighted by Gasteiger charge is -2.02. The third kappa shape index (κ3) is 1.96. The molecule has 0 atom stereocenters. The number of nitrogens with one attached hydrogen (secondary N) is 1. The fraction of sp³-hybridized carbons (Fsp3) is 0. The Balaban J connectivity index is 2.93. The number of carboxylic acid groups (broad SMARTS) is 1. The molecule has 1 aromatic rings. The normalized spacial score (nSPS) is 9.42. The number of carbonyl (C=O) groups is 1. The quantitative estimate of drug-likeness (QED) is 0.566. The van der Waals surface area contributed by atoms with E-state index in [9.17, 15) is 4.79 Å². The maximum Gasteiger partial charge on any atom is 0.409 e. The molecular formula is C5H5ClN4O2. The Hall–Kier alpha value is -1.56. The monoisotopic (exact) mass is 188 g/mol. The van der Waals surface area contributed by atoms with Crippen LogP contribution in [0.2, 0.25) is 5.28 Å². The molecule has 1 heterocycles. The van der Waals surface area contributed by atoms with Crippen LogP contribution in [0.15, 0.2) is 6.20 Å². The van der Waals surface area contributed by atoms with Crippen molar-refractivity contribution in [2.45, 2.75) is 0 Å². The van der Waals surface area contributed by atoms with E-state index in [2.05, 4.69) is 9.97 Å². The molecule has 0 aliphatic carbocycles. The zero-order valence-electron chi connectivity index (χ0n) is 5.78. The average molecular weight is 189 g/mol. The van der Waals surface area contributed by atoms with Gasteiger partial charge in [-0.05, 0) is 11.6 Å². The summed E-state index contributed by atoms with van der Waals surface area (Å²) in [4.78, 5) is 17.2. The molecule has 0 spiro atoms. The molecule has 64 valence electrons. The number of nitrogen functional groups attached to an aromatic ring is 1. The molecule has 1 aromatic heterocycles. The molecule has 1 amide bonds. The van der Waals surface area contributed by atoms with Crippen molar-refractivity contribution in [3.63, 3.8) is 0 Å². The van der Waals surface area contributed by atoms with E-state index < -0.39 is 6.09 Å². The van der Waals surface area contributed by atoms with Gasteiger partial charge in [-0.25, -0.2) is 9.78 Å². The molecule has 0 aliphatic rings. The van der Waals surface area contributed by atoms with Crippen LogP contribution in [0.25, 0.3) is 0 Å². The van der Waals surface area contributed by atoms with E-state index in [-0.39, 0.29) is 16.8 Å². The summed E-state index contributed by atoms with van der Waals surface area (Å²) in [5.41, 5.74) is 5.43. The van der Waals surface area contributed by atoms with Gasteiger partial charge < -0.3 is 10.8 Å². The number of hydrogen-bond donors (Lipinski definition) is 3. The standard InChI is InChI=1S/C5H5ClN4O2/c6-4-8-1-2(3(7)10-4)9-5(11)12/h1,9H,(H,11,12)(H2,7,8,10). The van der Waals surface area contributed by atoms with Crippen LogP contribution in [-0.2, 0) is 0 Å². The van der Waals surface area contributed by atoms with Crippen molar-refractivity contribution in [2.24, 2.45) is 0 Å². The van der Waals surface area contributed by atoms with E-state index in [1.165, 1.54) is 6.20 Å². The Morgan fingerprint density at radius 2 is 2.42 bits per heavy atom. The lowest BCUT2D eigenvalue weighted by Crippen LogP contribution is -2.10. The van der Waals surface area contributed by atoms with E-state index in [0.29, 0.717) is 0 Å². The van der Waals surface area contributed by atoms with E-state index in [1.54, 1.807) is 0 Å². The lowest BCUT2D eigenvalue weighted by atomic mass is 10.5. The fourth-order valence-corrected chi connectivity index (χ4v) is 0.724. The van der Waals surface area contributed by atoms with Crippen LogP contribution in [0.1, 0.15) is 0 Å². The Bertz CT molecular complexity index is 316. The first-order valence-corrected chi connectivity index (χ1v) is 3.25. The molecule has 0 radical (unpaired) electrons. The third-order valence-electron chi connectivity index (χ3n) is 1.03. The molecule has 0 aliphatic heterocycles. The predicted octanol–water partition coefficient (Wildman–Crippen LogP) is 0.802. The number of halogens is 1. The summed E-state index contributed by atoms with van der Waals surface area (Å²) in [6, 6.07) is 0. The van der Waals surface area contributed by atoms with Gasteiger partial charge in [-0.15, -0.1) is 0 Å². The Kier molecular flexibility index (Phi) is 2.29. The van der Waals surface area contributed by atoms with E-state index in [0.717, 1.165) is 0 Å². The van der Waals surface area contributed by atoms with E-state index >= 15 is 0 Å². The summed E-state index contributed by atoms with van der Waals surface area (Å²) in [5.74, 6) is -0.00241. The van der Waals surface area contributed by atoms with Crippen molar-refractivity contribution < 1.29 is 9.90 Å². The highest BCUT2D eigenvalue weighted by molar-refractivity contribution is 6.28. The van der Waals surface area contributed by atoms with Gasteiger partial charge in [-0.3, -0.25) is 5.32 Å². The molecule has 0 saturated heterocycles. The summed E-state index contributed by atoms with van der Waals surface area (Å²) in [6.07, 6.45) is -0.0358. The van der Waals surface area contributed by atoms with Crippen LogP contribution >= 0.6 is 11.6 Å². The Labute approximate surface area is 72.4 Å². The number of hydrogen-bond acceptors (Lipinski definition) is 4. The molecule has 7 heteroatoms. The molecule has 4 N–H and O–H groups in total. The van der Waals surface area contributed by atoms with Gasteiger partial charge in [-0.1, -0.05) is 0 Å². The highest BCUT2D eigenvalue weighted by Crippen LogP contribution is 2.15. The first-order valence-electron chi connectivity index (χ1n) is 2.87. The Morgan fingerprint density at radius 3 is 2.92 bits per heavy atom. The minimum atomic E-state index is -1.23. The summed E-state index contributed by atoms with van der Waals surface area (Å²) in [7, 11) is 0. The summed E-state index contributed by atoms with van der Waals surface area (Å²) >= 11 is 5.38. The average Bonchev–Trinajstić information content (AvgIpc) is 1.94. The van der Waals surface area contributed by atoms with E-state index in [1.807, 2.05) is 5.32 Å². The minimum absolute atomic E-state index is 0.00241. The fourth-order valence-electron chi connectivity index (χ4n) is 0.584. The molecule has 0 saturated carbocycles. The van der Waals surface area contributed by atoms with Crippen molar-refractivity contribution in [2.75, 3.05) is 11.1 Å². The van der Waals surface area contributed by atoms with Crippen LogP contribution in [0.4, 0.5) is 16.3 Å². The van der Waals surface area contributed by atoms with Crippen LogP contribution in [0, 0.1) is 0 Å². The maximum atomic E-state index is 10.2. The van der Waals surface area contributed by atoms with Crippen molar-refractivity contribution in [1.82, 2.24) is 9.97 Å². The second-order valence-electron chi connectivity index (χ2n) is 1.87. The van der Waals surface area contributed by atoms with Crippen molar-refractivity contribution in [3.8, 4) is 0 Å². The predicted molar refractivity (Wildman–Crippen MR) is 43.1 cm³/mol. The van der Waals surface area contributed by atoms with Crippen LogP contribution in [-0.4, -0.2) is 21.2 Å². The zero-order chi connectivity index (χ0) is 9.14. The number of aromatic nitrogens is 2. The highest BCUT2D eigenvalue weighted by atomic mass is 35.5. The van der Waals surface area contributed by atoms with Gasteiger partial charge in [0.25, 0.3) is 0 Å². The summed E-state index contributed by atoms with van der Waals surface area (Å²) in [6.45, 7) is 0. The van der Waals surface area contributed by atoms with Gasteiger partial charge in [0.1, 0.15) is 5.69 Å². The molecular weight excluding hydrogens is 184 g/mol. The molecule has 1 rings (SSSR count). The molecule has 0 aromatic carbocycles. The number of nitrogens with two attached hydrogens (primary N) is 1. The summed E-state index contributed by atoms with van der Waals surface area (Å²) < 4.78 is 0. The topological polar surface area (TPSA) is 101 Å². The zero-order valence-corrected chi connectivity index (χ0v) is 6.54. The van der Waals surface area contributed by atoms with Gasteiger partial charge in [0.15, 0.2) is 5.82 Å². The highest BCUT2D eigenvalue weighted by Gasteiger charge is 2.04. The number of amides is 1. The van der Waals surface area contributed by atoms with Crippen LogP contribution < -0.4 is 11.1 Å². The molecule has 0 fully saturated rings. The molecule has 0 bridgehead atoms. The van der Waals surface area contributed by atoms with Crippen molar-refractivity contribution in [1.29, 1.82) is 0 Å². The number of nitrogens with zero attached hydrogens (tertiary/aromatic N) is 2.